The number of rotatable bonds is 1. The first-order valence-electron chi connectivity index (χ1n) is 5.66. The predicted molar refractivity (Wildman–Crippen MR) is 60.7 cm³/mol. The molecule has 82 valence electrons. The van der Waals surface area contributed by atoms with Crippen molar-refractivity contribution in [2.75, 3.05) is 13.1 Å². The summed E-state index contributed by atoms with van der Waals surface area (Å²) in [5.41, 5.74) is 2.79. The molecule has 0 radical (unpaired) electrons. The molecule has 1 N–H and O–H groups in total. The van der Waals surface area contributed by atoms with Crippen molar-refractivity contribution >= 4 is 0 Å². The molecule has 0 aliphatic carbocycles. The van der Waals surface area contributed by atoms with Gasteiger partial charge in [-0.3, -0.25) is 0 Å². The van der Waals surface area contributed by atoms with Crippen molar-refractivity contribution in [1.82, 2.24) is 5.32 Å². The van der Waals surface area contributed by atoms with Gasteiger partial charge in [-0.1, -0.05) is 12.1 Å². The molecule has 0 spiro atoms. The van der Waals surface area contributed by atoms with E-state index >= 15 is 0 Å². The second-order valence-electron chi connectivity index (χ2n) is 4.47. The Morgan fingerprint density at radius 2 is 2.00 bits per heavy atom. The summed E-state index contributed by atoms with van der Waals surface area (Å²) in [5, 5.41) is 3.34. The third-order valence-electron chi connectivity index (χ3n) is 3.30. The van der Waals surface area contributed by atoms with Crippen molar-refractivity contribution in [2.45, 2.75) is 32.6 Å². The summed E-state index contributed by atoms with van der Waals surface area (Å²) in [6.07, 6.45) is 2.26. The predicted octanol–water partition coefficient (Wildman–Crippen LogP) is 2.91. The van der Waals surface area contributed by atoms with E-state index in [2.05, 4.69) is 5.32 Å². The summed E-state index contributed by atoms with van der Waals surface area (Å²) < 4.78 is 14.0. The molecule has 1 saturated heterocycles. The maximum atomic E-state index is 14.0. The average Bonchev–Trinajstić information content (AvgIpc) is 2.26. The van der Waals surface area contributed by atoms with Crippen molar-refractivity contribution in [3.8, 4) is 0 Å². The van der Waals surface area contributed by atoms with Crippen LogP contribution in [0.15, 0.2) is 12.1 Å². The molecule has 1 aromatic rings. The third-order valence-corrected chi connectivity index (χ3v) is 3.30. The second-order valence-corrected chi connectivity index (χ2v) is 4.47. The van der Waals surface area contributed by atoms with Gasteiger partial charge in [0.15, 0.2) is 0 Å². The highest BCUT2D eigenvalue weighted by Gasteiger charge is 2.21. The Hall–Kier alpha value is -0.890. The number of halogens is 1. The maximum Gasteiger partial charge on any atom is 0.129 e. The minimum atomic E-state index is 0.00343. The third kappa shape index (κ3) is 2.05. The van der Waals surface area contributed by atoms with Crippen LogP contribution in [0.2, 0.25) is 0 Å². The van der Waals surface area contributed by atoms with E-state index in [0.29, 0.717) is 5.92 Å². The van der Waals surface area contributed by atoms with Crippen LogP contribution in [0.3, 0.4) is 0 Å². The van der Waals surface area contributed by atoms with Gasteiger partial charge in [0, 0.05) is 6.54 Å². The molecule has 1 aliphatic rings. The van der Waals surface area contributed by atoms with E-state index in [-0.39, 0.29) is 5.82 Å². The fourth-order valence-electron chi connectivity index (χ4n) is 2.40. The molecule has 15 heavy (non-hydrogen) atoms. The van der Waals surface area contributed by atoms with Gasteiger partial charge in [0.25, 0.3) is 0 Å². The van der Waals surface area contributed by atoms with Crippen LogP contribution in [0.1, 0.15) is 35.4 Å². The maximum absolute atomic E-state index is 14.0. The standard InChI is InChI=1S/C13H18FN/c1-9-5-6-10(2)13(14)12(9)11-4-3-7-15-8-11/h5-6,11,15H,3-4,7-8H2,1-2H3. The quantitative estimate of drug-likeness (QED) is 0.746. The number of aryl methyl sites for hydroxylation is 2. The summed E-state index contributed by atoms with van der Waals surface area (Å²) in [4.78, 5) is 0. The molecule has 0 saturated carbocycles. The van der Waals surface area contributed by atoms with Gasteiger partial charge < -0.3 is 5.32 Å². The highest BCUT2D eigenvalue weighted by molar-refractivity contribution is 5.35. The molecule has 2 rings (SSSR count). The first kappa shape index (κ1) is 10.6. The first-order valence-corrected chi connectivity index (χ1v) is 5.66. The van der Waals surface area contributed by atoms with Crippen LogP contribution in [0.4, 0.5) is 4.39 Å². The SMILES string of the molecule is Cc1ccc(C)c(C2CCCNC2)c1F. The van der Waals surface area contributed by atoms with E-state index in [0.717, 1.165) is 42.6 Å². The Labute approximate surface area is 90.7 Å². The number of benzene rings is 1. The summed E-state index contributed by atoms with van der Waals surface area (Å²) >= 11 is 0. The van der Waals surface area contributed by atoms with Crippen LogP contribution < -0.4 is 5.32 Å². The molecular weight excluding hydrogens is 189 g/mol. The van der Waals surface area contributed by atoms with E-state index < -0.39 is 0 Å². The molecule has 1 aromatic carbocycles. The smallest absolute Gasteiger partial charge is 0.129 e. The largest absolute Gasteiger partial charge is 0.316 e. The van der Waals surface area contributed by atoms with E-state index in [1.165, 1.54) is 0 Å². The van der Waals surface area contributed by atoms with Gasteiger partial charge >= 0.3 is 0 Å². The number of piperidine rings is 1. The zero-order valence-corrected chi connectivity index (χ0v) is 9.44. The molecule has 2 heteroatoms. The molecule has 0 bridgehead atoms. The van der Waals surface area contributed by atoms with Crippen molar-refractivity contribution < 1.29 is 4.39 Å². The summed E-state index contributed by atoms with van der Waals surface area (Å²) in [6.45, 7) is 5.84. The lowest BCUT2D eigenvalue weighted by Gasteiger charge is -2.25. The lowest BCUT2D eigenvalue weighted by molar-refractivity contribution is 0.444. The average molecular weight is 207 g/mol. The van der Waals surface area contributed by atoms with Crippen LogP contribution in [0, 0.1) is 19.7 Å². The Morgan fingerprint density at radius 1 is 1.27 bits per heavy atom. The first-order chi connectivity index (χ1) is 7.20. The monoisotopic (exact) mass is 207 g/mol. The molecule has 0 aromatic heterocycles. The van der Waals surface area contributed by atoms with E-state index in [1.807, 2.05) is 26.0 Å². The molecular formula is C13H18FN. The van der Waals surface area contributed by atoms with E-state index in [1.54, 1.807) is 0 Å². The lowest BCUT2D eigenvalue weighted by Crippen LogP contribution is -2.29. The second kappa shape index (κ2) is 4.31. The van der Waals surface area contributed by atoms with Crippen LogP contribution in [0.5, 0.6) is 0 Å². The molecule has 1 nitrogen and oxygen atoms in total. The molecule has 1 heterocycles. The van der Waals surface area contributed by atoms with Crippen LogP contribution in [0.25, 0.3) is 0 Å². The summed E-state index contributed by atoms with van der Waals surface area (Å²) in [6, 6.07) is 3.90. The summed E-state index contributed by atoms with van der Waals surface area (Å²) in [7, 11) is 0. The van der Waals surface area contributed by atoms with Gasteiger partial charge in [-0.05, 0) is 55.8 Å². The van der Waals surface area contributed by atoms with Gasteiger partial charge in [0.2, 0.25) is 0 Å². The zero-order valence-electron chi connectivity index (χ0n) is 9.44. The van der Waals surface area contributed by atoms with Crippen molar-refractivity contribution in [3.63, 3.8) is 0 Å². The van der Waals surface area contributed by atoms with Crippen LogP contribution in [-0.2, 0) is 0 Å². The topological polar surface area (TPSA) is 12.0 Å². The fraction of sp³-hybridized carbons (Fsp3) is 0.538. The minimum Gasteiger partial charge on any atom is -0.316 e. The Balaban J connectivity index is 2.36. The normalized spacial score (nSPS) is 21.7. The Kier molecular flexibility index (Phi) is 3.06. The highest BCUT2D eigenvalue weighted by Crippen LogP contribution is 2.29. The van der Waals surface area contributed by atoms with Gasteiger partial charge in [-0.2, -0.15) is 0 Å². The number of nitrogens with one attached hydrogen (secondary N) is 1. The Bertz CT molecular complexity index is 354. The fourth-order valence-corrected chi connectivity index (χ4v) is 2.40. The number of hydrogen-bond acceptors (Lipinski definition) is 1. The summed E-state index contributed by atoms with van der Waals surface area (Å²) in [5.74, 6) is 0.363. The molecule has 1 atom stereocenters. The van der Waals surface area contributed by atoms with Crippen molar-refractivity contribution in [1.29, 1.82) is 0 Å². The molecule has 0 amide bonds. The van der Waals surface area contributed by atoms with Gasteiger partial charge in [-0.25, -0.2) is 4.39 Å². The molecule has 1 unspecified atom stereocenters. The lowest BCUT2D eigenvalue weighted by atomic mass is 9.87. The van der Waals surface area contributed by atoms with Gasteiger partial charge in [0.05, 0.1) is 0 Å². The molecule has 1 fully saturated rings. The van der Waals surface area contributed by atoms with Crippen LogP contribution >= 0.6 is 0 Å². The van der Waals surface area contributed by atoms with Crippen molar-refractivity contribution in [3.05, 3.63) is 34.6 Å². The van der Waals surface area contributed by atoms with Gasteiger partial charge in [0.1, 0.15) is 5.82 Å². The van der Waals surface area contributed by atoms with Gasteiger partial charge in [-0.15, -0.1) is 0 Å². The Morgan fingerprint density at radius 3 is 2.67 bits per heavy atom. The minimum absolute atomic E-state index is 0.00343. The molecule has 1 aliphatic heterocycles. The van der Waals surface area contributed by atoms with E-state index in [9.17, 15) is 4.39 Å². The van der Waals surface area contributed by atoms with Crippen molar-refractivity contribution in [2.24, 2.45) is 0 Å². The highest BCUT2D eigenvalue weighted by atomic mass is 19.1. The number of hydrogen-bond donors (Lipinski definition) is 1. The van der Waals surface area contributed by atoms with Crippen LogP contribution in [-0.4, -0.2) is 13.1 Å². The zero-order chi connectivity index (χ0) is 10.8. The van der Waals surface area contributed by atoms with E-state index in [4.69, 9.17) is 0 Å².